The van der Waals surface area contributed by atoms with Gasteiger partial charge >= 0.3 is 6.18 Å². The van der Waals surface area contributed by atoms with Crippen LogP contribution in [-0.2, 0) is 0 Å². The molecule has 0 saturated heterocycles. The fraction of sp³-hybridized carbons (Fsp3) is 0.318. The molecule has 31 heavy (non-hydrogen) atoms. The van der Waals surface area contributed by atoms with Crippen LogP contribution in [0.25, 0.3) is 10.9 Å². The van der Waals surface area contributed by atoms with Gasteiger partial charge in [-0.05, 0) is 55.1 Å². The number of pyridine rings is 1. The fourth-order valence-electron chi connectivity index (χ4n) is 3.43. The van der Waals surface area contributed by atoms with Crippen LogP contribution in [0.2, 0.25) is 0 Å². The predicted molar refractivity (Wildman–Crippen MR) is 115 cm³/mol. The maximum atomic E-state index is 14.4. The lowest BCUT2D eigenvalue weighted by Crippen LogP contribution is -2.54. The highest BCUT2D eigenvalue weighted by molar-refractivity contribution is 7.98. The first-order valence-electron chi connectivity index (χ1n) is 9.35. The number of thioether (sulfide) groups is 1. The molecule has 0 aliphatic heterocycles. The number of aliphatic hydroxyl groups is 1. The fourth-order valence-corrected chi connectivity index (χ4v) is 4.20. The van der Waals surface area contributed by atoms with Gasteiger partial charge in [-0.25, -0.2) is 4.39 Å². The zero-order chi connectivity index (χ0) is 22.8. The summed E-state index contributed by atoms with van der Waals surface area (Å²) in [5.41, 5.74) is -1.55. The third-order valence-corrected chi connectivity index (χ3v) is 5.74. The van der Waals surface area contributed by atoms with Gasteiger partial charge in [0.1, 0.15) is 0 Å². The number of hydrogen-bond donors (Lipinski definition) is 2. The molecule has 166 valence electrons. The Labute approximate surface area is 181 Å². The summed E-state index contributed by atoms with van der Waals surface area (Å²) in [6.07, 6.45) is -3.52. The van der Waals surface area contributed by atoms with Crippen LogP contribution in [0.3, 0.4) is 0 Å². The van der Waals surface area contributed by atoms with Crippen LogP contribution in [-0.4, -0.2) is 41.0 Å². The van der Waals surface area contributed by atoms with Gasteiger partial charge in [-0.15, -0.1) is 0 Å². The topological polar surface area (TPSA) is 54.4 Å². The smallest absolute Gasteiger partial charge is 0.420 e. The average molecular weight is 454 g/mol. The minimum absolute atomic E-state index is 0.0655. The van der Waals surface area contributed by atoms with Gasteiger partial charge < -0.3 is 15.2 Å². The monoisotopic (exact) mass is 454 g/mol. The van der Waals surface area contributed by atoms with Crippen molar-refractivity contribution in [3.63, 3.8) is 0 Å². The van der Waals surface area contributed by atoms with Gasteiger partial charge in [-0.1, -0.05) is 12.1 Å². The van der Waals surface area contributed by atoms with Crippen LogP contribution in [0.4, 0.5) is 23.2 Å². The van der Waals surface area contributed by atoms with E-state index in [2.05, 4.69) is 10.3 Å². The molecule has 2 aromatic carbocycles. The third-order valence-electron chi connectivity index (χ3n) is 5.01. The maximum absolute atomic E-state index is 14.4. The number of rotatable bonds is 7. The number of benzene rings is 2. The summed E-state index contributed by atoms with van der Waals surface area (Å²) in [5, 5.41) is 14.3. The van der Waals surface area contributed by atoms with E-state index in [4.69, 9.17) is 4.74 Å². The molecule has 2 atom stereocenters. The van der Waals surface area contributed by atoms with E-state index >= 15 is 0 Å². The molecule has 1 heterocycles. The number of halogens is 4. The first-order valence-corrected chi connectivity index (χ1v) is 10.7. The number of aryl methyl sites for hydroxylation is 1. The molecule has 0 aliphatic rings. The highest BCUT2D eigenvalue weighted by Crippen LogP contribution is 2.44. The van der Waals surface area contributed by atoms with Gasteiger partial charge in [-0.3, -0.25) is 4.98 Å². The molecule has 2 N–H and O–H groups in total. The SMILES string of the molecule is COc1ccc(C(Nc2cccc3nc(C)ccc23)C(O)(CSC)C(F)(F)F)cc1F. The molecule has 0 fully saturated rings. The van der Waals surface area contributed by atoms with Crippen LogP contribution >= 0.6 is 11.8 Å². The van der Waals surface area contributed by atoms with Crippen molar-refractivity contribution in [3.8, 4) is 5.75 Å². The molecule has 1 aromatic heterocycles. The van der Waals surface area contributed by atoms with E-state index < -0.39 is 29.4 Å². The van der Waals surface area contributed by atoms with Crippen molar-refractivity contribution in [3.05, 3.63) is 65.6 Å². The number of alkyl halides is 3. The summed E-state index contributed by atoms with van der Waals surface area (Å²) in [6.45, 7) is 1.81. The summed E-state index contributed by atoms with van der Waals surface area (Å²) >= 11 is 0.846. The molecule has 0 radical (unpaired) electrons. The van der Waals surface area contributed by atoms with Gasteiger partial charge in [0.05, 0.1) is 18.7 Å². The van der Waals surface area contributed by atoms with Crippen LogP contribution in [0.5, 0.6) is 5.75 Å². The molecule has 3 aromatic rings. The van der Waals surface area contributed by atoms with Crippen LogP contribution in [0.1, 0.15) is 17.3 Å². The van der Waals surface area contributed by atoms with Crippen LogP contribution in [0, 0.1) is 12.7 Å². The Bertz CT molecular complexity index is 1080. The molecule has 9 heteroatoms. The second-order valence-electron chi connectivity index (χ2n) is 7.15. The average Bonchev–Trinajstić information content (AvgIpc) is 2.71. The van der Waals surface area contributed by atoms with E-state index in [9.17, 15) is 22.7 Å². The zero-order valence-electron chi connectivity index (χ0n) is 17.1. The molecule has 2 unspecified atom stereocenters. The molecular formula is C22H22F4N2O2S. The summed E-state index contributed by atoms with van der Waals surface area (Å²) in [5.74, 6) is -1.58. The van der Waals surface area contributed by atoms with Crippen molar-refractivity contribution < 1.29 is 27.4 Å². The first kappa shape index (κ1) is 23.1. The summed E-state index contributed by atoms with van der Waals surface area (Å²) in [6, 6.07) is 10.3. The zero-order valence-corrected chi connectivity index (χ0v) is 17.9. The predicted octanol–water partition coefficient (Wildman–Crippen LogP) is 5.50. The summed E-state index contributed by atoms with van der Waals surface area (Å²) < 4.78 is 61.6. The highest BCUT2D eigenvalue weighted by Gasteiger charge is 2.59. The summed E-state index contributed by atoms with van der Waals surface area (Å²) in [4.78, 5) is 4.40. The van der Waals surface area contributed by atoms with E-state index in [1.807, 2.05) is 6.92 Å². The number of hydrogen-bond acceptors (Lipinski definition) is 5. The number of methoxy groups -OCH3 is 1. The normalized spacial score (nSPS) is 14.8. The molecule has 0 saturated carbocycles. The molecule has 3 rings (SSSR count). The number of nitrogens with zero attached hydrogens (tertiary/aromatic N) is 1. The standard InChI is InChI=1S/C22H22F4N2O2S/c1-13-7-9-15-17(27-13)5-4-6-18(15)28-20(21(29,12-31-3)22(24,25)26)14-8-10-19(30-2)16(23)11-14/h4-11,20,28-29H,12H2,1-3H3. The van der Waals surface area contributed by atoms with Gasteiger partial charge in [0.15, 0.2) is 17.2 Å². The second kappa shape index (κ2) is 8.92. The Hall–Kier alpha value is -2.52. The molecule has 0 aliphatic carbocycles. The minimum Gasteiger partial charge on any atom is -0.494 e. The first-order chi connectivity index (χ1) is 14.6. The van der Waals surface area contributed by atoms with Crippen molar-refractivity contribution in [1.82, 2.24) is 4.98 Å². The lowest BCUT2D eigenvalue weighted by atomic mass is 9.88. The Morgan fingerprint density at radius 3 is 2.52 bits per heavy atom. The Balaban J connectivity index is 2.18. The minimum atomic E-state index is -4.98. The quantitative estimate of drug-likeness (QED) is 0.462. The number of fused-ring (bicyclic) bond motifs is 1. The van der Waals surface area contributed by atoms with Crippen LogP contribution < -0.4 is 10.1 Å². The van der Waals surface area contributed by atoms with E-state index in [0.29, 0.717) is 16.6 Å². The lowest BCUT2D eigenvalue weighted by molar-refractivity contribution is -0.256. The molecule has 0 spiro atoms. The molecular weight excluding hydrogens is 432 g/mol. The van der Waals surface area contributed by atoms with Crippen LogP contribution in [0.15, 0.2) is 48.5 Å². The third kappa shape index (κ3) is 4.57. The lowest BCUT2D eigenvalue weighted by Gasteiger charge is -2.38. The van der Waals surface area contributed by atoms with Crippen molar-refractivity contribution in [1.29, 1.82) is 0 Å². The molecule has 0 bridgehead atoms. The van der Waals surface area contributed by atoms with E-state index in [1.54, 1.807) is 30.3 Å². The van der Waals surface area contributed by atoms with Gasteiger partial charge in [0.2, 0.25) is 0 Å². The number of anilines is 1. The number of aromatic nitrogens is 1. The molecule has 0 amide bonds. The number of ether oxygens (including phenoxy) is 1. The van der Waals surface area contributed by atoms with Crippen molar-refractivity contribution in [2.45, 2.75) is 24.7 Å². The summed E-state index contributed by atoms with van der Waals surface area (Å²) in [7, 11) is 1.26. The highest BCUT2D eigenvalue weighted by atomic mass is 32.2. The van der Waals surface area contributed by atoms with E-state index in [-0.39, 0.29) is 11.3 Å². The van der Waals surface area contributed by atoms with E-state index in [1.165, 1.54) is 25.5 Å². The largest absolute Gasteiger partial charge is 0.494 e. The van der Waals surface area contributed by atoms with Crippen molar-refractivity contribution in [2.24, 2.45) is 0 Å². The Morgan fingerprint density at radius 1 is 1.16 bits per heavy atom. The number of nitrogens with one attached hydrogen (secondary N) is 1. The van der Waals surface area contributed by atoms with Gasteiger partial charge in [0.25, 0.3) is 0 Å². The van der Waals surface area contributed by atoms with Gasteiger partial charge in [-0.2, -0.15) is 24.9 Å². The van der Waals surface area contributed by atoms with Crippen molar-refractivity contribution in [2.75, 3.05) is 24.4 Å². The second-order valence-corrected chi connectivity index (χ2v) is 8.02. The maximum Gasteiger partial charge on any atom is 0.420 e. The van der Waals surface area contributed by atoms with Gasteiger partial charge in [0, 0.05) is 22.5 Å². The van der Waals surface area contributed by atoms with E-state index in [0.717, 1.165) is 23.5 Å². The molecule has 4 nitrogen and oxygen atoms in total. The Kier molecular flexibility index (Phi) is 6.66. The van der Waals surface area contributed by atoms with Crippen molar-refractivity contribution >= 4 is 28.4 Å². The Morgan fingerprint density at radius 2 is 1.90 bits per heavy atom.